The van der Waals surface area contributed by atoms with E-state index in [2.05, 4.69) is 9.12 Å². The molecule has 0 aromatic heterocycles. The lowest BCUT2D eigenvalue weighted by Crippen LogP contribution is -1.94. The Morgan fingerprint density at radius 3 is 1.33 bits per heavy atom. The third-order valence-corrected chi connectivity index (χ3v) is 2.11. The topological polar surface area (TPSA) is 44.8 Å². The van der Waals surface area contributed by atoms with Crippen molar-refractivity contribution in [3.8, 4) is 0 Å². The molecule has 0 aromatic carbocycles. The second kappa shape index (κ2) is 14.0. The van der Waals surface area contributed by atoms with Crippen LogP contribution in [0.4, 0.5) is 0 Å². The Morgan fingerprint density at radius 1 is 0.917 bits per heavy atom. The first-order valence-corrected chi connectivity index (χ1v) is 5.18. The van der Waals surface area contributed by atoms with Crippen LogP contribution in [0.3, 0.4) is 0 Å². The number of rotatable bonds is 6. The van der Waals surface area contributed by atoms with Gasteiger partial charge in [0.15, 0.2) is 0 Å². The van der Waals surface area contributed by atoms with E-state index in [-0.39, 0.29) is 0 Å². The highest BCUT2D eigenvalue weighted by Gasteiger charge is 2.07. The Hall–Kier alpha value is 0.410. The molecule has 0 heterocycles. The molecule has 12 heavy (non-hydrogen) atoms. The van der Waals surface area contributed by atoms with Crippen molar-refractivity contribution >= 4 is 17.7 Å². The summed E-state index contributed by atoms with van der Waals surface area (Å²) in [7, 11) is 1.22. The third kappa shape index (κ3) is 10.4. The van der Waals surface area contributed by atoms with Crippen LogP contribution in [-0.4, -0.2) is 19.8 Å². The Labute approximate surface area is 77.2 Å². The van der Waals surface area contributed by atoms with Crippen LogP contribution in [0.15, 0.2) is 0 Å². The molecule has 0 saturated heterocycles. The smallest absolute Gasteiger partial charge is 0.313 e. The highest BCUT2D eigenvalue weighted by Crippen LogP contribution is 2.38. The zero-order valence-corrected chi connectivity index (χ0v) is 9.44. The summed E-state index contributed by atoms with van der Waals surface area (Å²) >= 11 is 0. The van der Waals surface area contributed by atoms with Gasteiger partial charge in [0.2, 0.25) is 0 Å². The van der Waals surface area contributed by atoms with Gasteiger partial charge in [-0.15, -0.1) is 0 Å². The highest BCUT2D eigenvalue weighted by molar-refractivity contribution is 7.41. The van der Waals surface area contributed by atoms with Gasteiger partial charge in [0.25, 0.3) is 9.12 Å². The molecule has 0 unspecified atom stereocenters. The average Bonchev–Trinajstić information content (AvgIpc) is 2.10. The van der Waals surface area contributed by atoms with Gasteiger partial charge >= 0.3 is 8.60 Å². The molecule has 0 atom stereocenters. The molecule has 0 fully saturated rings. The minimum Gasteiger partial charge on any atom is -0.313 e. The Morgan fingerprint density at radius 2 is 1.17 bits per heavy atom. The fourth-order valence-electron chi connectivity index (χ4n) is 0.428. The number of hydrogen-bond donors (Lipinski definition) is 0. The van der Waals surface area contributed by atoms with E-state index in [9.17, 15) is 0 Å². The van der Waals surface area contributed by atoms with Crippen molar-refractivity contribution in [1.82, 2.24) is 0 Å². The maximum Gasteiger partial charge on any atom is 0.332 e. The van der Waals surface area contributed by atoms with Crippen LogP contribution in [0.1, 0.15) is 20.8 Å². The van der Waals surface area contributed by atoms with Gasteiger partial charge in [-0.05, 0) is 20.8 Å². The van der Waals surface area contributed by atoms with Crippen LogP contribution in [0.25, 0.3) is 0 Å². The molecule has 6 heteroatoms. The average molecular weight is 213 g/mol. The van der Waals surface area contributed by atoms with Gasteiger partial charge in [0.1, 0.15) is 0 Å². The predicted octanol–water partition coefficient (Wildman–Crippen LogP) is 3.07. The largest absolute Gasteiger partial charge is 0.332 e. The summed E-state index contributed by atoms with van der Waals surface area (Å²) in [5.41, 5.74) is 0. The van der Waals surface area contributed by atoms with E-state index >= 15 is 0 Å². The Kier molecular flexibility index (Phi) is 17.3. The number of hydrogen-bond acceptors (Lipinski definition) is 4. The molecule has 0 aliphatic heterocycles. The maximum absolute atomic E-state index is 7.94. The standard InChI is InChI=1S/C6H15O3P.OP/c1-4-7-10(8-5-2)9-6-3;1-2/h4-6H2,1-3H3;. The minimum absolute atomic E-state index is 0.645. The van der Waals surface area contributed by atoms with Crippen LogP contribution in [0.2, 0.25) is 0 Å². The monoisotopic (exact) mass is 213 g/mol. The molecule has 1 radical (unpaired) electrons. The van der Waals surface area contributed by atoms with Gasteiger partial charge in [-0.2, -0.15) is 0 Å². The van der Waals surface area contributed by atoms with Gasteiger partial charge in [-0.3, -0.25) is 4.57 Å². The lowest BCUT2D eigenvalue weighted by molar-refractivity contribution is 0.176. The van der Waals surface area contributed by atoms with Crippen LogP contribution in [0.5, 0.6) is 0 Å². The fourth-order valence-corrected chi connectivity index (χ4v) is 1.28. The molecule has 0 spiro atoms. The first-order valence-electron chi connectivity index (χ1n) is 3.72. The summed E-state index contributed by atoms with van der Waals surface area (Å²) in [6.07, 6.45) is 0. The molecule has 0 aliphatic rings. The molecular weight excluding hydrogens is 198 g/mol. The van der Waals surface area contributed by atoms with E-state index in [0.717, 1.165) is 0 Å². The Bertz CT molecular complexity index is 69.7. The van der Waals surface area contributed by atoms with Gasteiger partial charge < -0.3 is 13.6 Å². The summed E-state index contributed by atoms with van der Waals surface area (Å²) in [6.45, 7) is 7.71. The van der Waals surface area contributed by atoms with Crippen molar-refractivity contribution in [2.45, 2.75) is 20.8 Å². The second-order valence-electron chi connectivity index (χ2n) is 1.48. The highest BCUT2D eigenvalue weighted by atomic mass is 31.2. The molecule has 0 N–H and O–H groups in total. The fraction of sp³-hybridized carbons (Fsp3) is 1.00. The van der Waals surface area contributed by atoms with Gasteiger partial charge in [-0.25, -0.2) is 0 Å². The SMILES string of the molecule is CCOP(OCC)OCC.O=[P]. The van der Waals surface area contributed by atoms with Crippen LogP contribution < -0.4 is 0 Å². The van der Waals surface area contributed by atoms with Crippen molar-refractivity contribution < 1.29 is 18.1 Å². The van der Waals surface area contributed by atoms with Crippen LogP contribution in [0, 0.1) is 0 Å². The first-order chi connectivity index (χ1) is 5.85. The second-order valence-corrected chi connectivity index (χ2v) is 2.70. The quantitative estimate of drug-likeness (QED) is 0.636. The van der Waals surface area contributed by atoms with E-state index < -0.39 is 8.60 Å². The van der Waals surface area contributed by atoms with Crippen molar-refractivity contribution in [3.05, 3.63) is 0 Å². The lowest BCUT2D eigenvalue weighted by Gasteiger charge is -2.12. The third-order valence-electron chi connectivity index (χ3n) is 0.704. The zero-order chi connectivity index (χ0) is 9.82. The summed E-state index contributed by atoms with van der Waals surface area (Å²) in [6, 6.07) is 0. The zero-order valence-electron chi connectivity index (χ0n) is 7.65. The van der Waals surface area contributed by atoms with Gasteiger partial charge in [0, 0.05) is 0 Å². The first kappa shape index (κ1) is 14.9. The Balaban J connectivity index is 0. The summed E-state index contributed by atoms with van der Waals surface area (Å²) in [4.78, 5) is 0. The summed E-state index contributed by atoms with van der Waals surface area (Å²) < 4.78 is 23.4. The molecule has 0 aliphatic carbocycles. The molecule has 0 amide bonds. The summed E-state index contributed by atoms with van der Waals surface area (Å²) in [5, 5.41) is 0. The molecule has 0 aromatic rings. The van der Waals surface area contributed by atoms with Crippen molar-refractivity contribution in [2.75, 3.05) is 19.8 Å². The van der Waals surface area contributed by atoms with Crippen LogP contribution >= 0.6 is 17.7 Å². The molecule has 0 bridgehead atoms. The molecule has 0 saturated carbocycles. The lowest BCUT2D eigenvalue weighted by atomic mass is 10.9. The van der Waals surface area contributed by atoms with Gasteiger partial charge in [-0.1, -0.05) is 0 Å². The van der Waals surface area contributed by atoms with E-state index in [0.29, 0.717) is 19.8 Å². The van der Waals surface area contributed by atoms with E-state index in [4.69, 9.17) is 18.1 Å². The summed E-state index contributed by atoms with van der Waals surface area (Å²) in [5.74, 6) is 0. The molecule has 0 rings (SSSR count). The van der Waals surface area contributed by atoms with Crippen LogP contribution in [-0.2, 0) is 18.1 Å². The maximum atomic E-state index is 7.94. The molecule has 4 nitrogen and oxygen atoms in total. The van der Waals surface area contributed by atoms with E-state index in [1.807, 2.05) is 20.8 Å². The van der Waals surface area contributed by atoms with E-state index in [1.165, 1.54) is 0 Å². The van der Waals surface area contributed by atoms with Crippen molar-refractivity contribution in [1.29, 1.82) is 0 Å². The minimum atomic E-state index is -1.06. The van der Waals surface area contributed by atoms with Crippen molar-refractivity contribution in [3.63, 3.8) is 0 Å². The van der Waals surface area contributed by atoms with Crippen molar-refractivity contribution in [2.24, 2.45) is 0 Å². The molecular formula is C6H15O4P2. The molecule has 73 valence electrons. The van der Waals surface area contributed by atoms with Gasteiger partial charge in [0.05, 0.1) is 19.8 Å². The predicted molar refractivity (Wildman–Crippen MR) is 49.4 cm³/mol. The normalized spacial score (nSPS) is 9.33. The van der Waals surface area contributed by atoms with E-state index in [1.54, 1.807) is 0 Å².